The first-order valence-electron chi connectivity index (χ1n) is 8.95. The van der Waals surface area contributed by atoms with E-state index in [9.17, 15) is 14.4 Å². The van der Waals surface area contributed by atoms with Crippen LogP contribution in [0, 0.1) is 11.8 Å². The van der Waals surface area contributed by atoms with Crippen LogP contribution in [0.15, 0.2) is 0 Å². The molecule has 0 spiro atoms. The monoisotopic (exact) mass is 330 g/mol. The van der Waals surface area contributed by atoms with E-state index in [0.717, 1.165) is 25.7 Å². The molecule has 7 unspecified atom stereocenters. The molecule has 4 nitrogen and oxygen atoms in total. The second-order valence-corrected chi connectivity index (χ2v) is 9.35. The third-order valence-electron chi connectivity index (χ3n) is 6.01. The quantitative estimate of drug-likeness (QED) is 0.809. The van der Waals surface area contributed by atoms with E-state index in [0.29, 0.717) is 29.3 Å². The Hall–Kier alpha value is 0.0300. The lowest BCUT2D eigenvalue weighted by Gasteiger charge is -2.47. The van der Waals surface area contributed by atoms with Gasteiger partial charge in [0.2, 0.25) is 0 Å². The molecule has 0 radical (unpaired) electrons. The highest BCUT2D eigenvalue weighted by Gasteiger charge is 2.45. The van der Waals surface area contributed by atoms with Crippen molar-refractivity contribution in [3.63, 3.8) is 0 Å². The number of hydrogen-bond acceptors (Lipinski definition) is 4. The van der Waals surface area contributed by atoms with E-state index < -0.39 is 23.0 Å². The van der Waals surface area contributed by atoms with Crippen molar-refractivity contribution in [1.82, 2.24) is 0 Å². The van der Waals surface area contributed by atoms with Crippen molar-refractivity contribution in [3.8, 4) is 0 Å². The highest BCUT2D eigenvalue weighted by Crippen LogP contribution is 2.41. The van der Waals surface area contributed by atoms with Crippen LogP contribution in [0.2, 0.25) is 0 Å². The predicted octanol–water partition coefficient (Wildman–Crippen LogP) is 1.99. The van der Waals surface area contributed by atoms with E-state index >= 15 is 0 Å². The molecular weight excluding hydrogens is 300 g/mol. The standard InChI is InChI=1S/C17H30O4S/c1-11-6-7-14(11)17-16(19)15(18)10-12(21-17)8-9-22(20)13-4-2-3-5-13/h11-19H,2-10H2,1H3. The van der Waals surface area contributed by atoms with Crippen LogP contribution in [0.3, 0.4) is 0 Å². The van der Waals surface area contributed by atoms with Crippen molar-refractivity contribution in [2.75, 3.05) is 5.75 Å². The van der Waals surface area contributed by atoms with Crippen LogP contribution in [0.4, 0.5) is 0 Å². The lowest BCUT2D eigenvalue weighted by Crippen LogP contribution is -2.54. The van der Waals surface area contributed by atoms with Gasteiger partial charge in [0.1, 0.15) is 6.10 Å². The summed E-state index contributed by atoms with van der Waals surface area (Å²) in [6.07, 6.45) is 6.35. The van der Waals surface area contributed by atoms with E-state index in [1.807, 2.05) is 0 Å². The van der Waals surface area contributed by atoms with Crippen LogP contribution in [0.5, 0.6) is 0 Å². The minimum absolute atomic E-state index is 0.0541. The zero-order valence-electron chi connectivity index (χ0n) is 13.5. The molecular formula is C17H30O4S. The van der Waals surface area contributed by atoms with E-state index in [4.69, 9.17) is 4.74 Å². The molecule has 1 saturated heterocycles. The van der Waals surface area contributed by atoms with Crippen molar-refractivity contribution in [1.29, 1.82) is 0 Å². The van der Waals surface area contributed by atoms with E-state index in [1.165, 1.54) is 19.3 Å². The van der Waals surface area contributed by atoms with Gasteiger partial charge < -0.3 is 14.9 Å². The first-order valence-corrected chi connectivity index (χ1v) is 10.3. The van der Waals surface area contributed by atoms with Crippen molar-refractivity contribution < 1.29 is 19.2 Å². The lowest BCUT2D eigenvalue weighted by molar-refractivity contribution is -0.202. The fraction of sp³-hybridized carbons (Fsp3) is 1.00. The maximum atomic E-state index is 12.3. The minimum atomic E-state index is -0.760. The number of aliphatic hydroxyl groups is 2. The Morgan fingerprint density at radius 3 is 2.45 bits per heavy atom. The number of aliphatic hydroxyl groups excluding tert-OH is 2. The van der Waals surface area contributed by atoms with Crippen molar-refractivity contribution in [2.24, 2.45) is 11.8 Å². The summed E-state index contributed by atoms with van der Waals surface area (Å²) < 4.78 is 18.4. The number of hydrogen-bond donors (Lipinski definition) is 2. The zero-order valence-corrected chi connectivity index (χ0v) is 14.3. The Morgan fingerprint density at radius 1 is 1.14 bits per heavy atom. The van der Waals surface area contributed by atoms with Crippen LogP contribution in [-0.4, -0.2) is 49.8 Å². The predicted molar refractivity (Wildman–Crippen MR) is 87.1 cm³/mol. The van der Waals surface area contributed by atoms with Gasteiger partial charge in [0.25, 0.3) is 0 Å². The molecule has 2 saturated carbocycles. The second kappa shape index (κ2) is 7.29. The Bertz CT molecular complexity index is 394. The van der Waals surface area contributed by atoms with Crippen LogP contribution in [0.25, 0.3) is 0 Å². The second-order valence-electron chi connectivity index (χ2n) is 7.51. The third kappa shape index (κ3) is 3.58. The Kier molecular flexibility index (Phi) is 5.59. The van der Waals surface area contributed by atoms with Crippen LogP contribution in [-0.2, 0) is 15.5 Å². The van der Waals surface area contributed by atoms with Crippen LogP contribution >= 0.6 is 0 Å². The molecule has 5 heteroatoms. The molecule has 128 valence electrons. The molecule has 0 amide bonds. The zero-order chi connectivity index (χ0) is 15.7. The fourth-order valence-electron chi connectivity index (χ4n) is 4.27. The molecule has 0 aromatic heterocycles. The first kappa shape index (κ1) is 16.9. The summed E-state index contributed by atoms with van der Waals surface area (Å²) in [5.41, 5.74) is 0. The smallest absolute Gasteiger partial charge is 0.106 e. The van der Waals surface area contributed by atoms with E-state index in [-0.39, 0.29) is 12.2 Å². The van der Waals surface area contributed by atoms with Gasteiger partial charge >= 0.3 is 0 Å². The van der Waals surface area contributed by atoms with Crippen molar-refractivity contribution in [3.05, 3.63) is 0 Å². The van der Waals surface area contributed by atoms with Crippen molar-refractivity contribution in [2.45, 2.75) is 88.0 Å². The number of ether oxygens (including phenoxy) is 1. The van der Waals surface area contributed by atoms with Gasteiger partial charge in [0.15, 0.2) is 0 Å². The van der Waals surface area contributed by atoms with Gasteiger partial charge in [-0.1, -0.05) is 19.8 Å². The summed E-state index contributed by atoms with van der Waals surface area (Å²) >= 11 is 0. The Balaban J connectivity index is 1.51. The summed E-state index contributed by atoms with van der Waals surface area (Å²) in [5, 5.41) is 20.7. The molecule has 2 N–H and O–H groups in total. The highest BCUT2D eigenvalue weighted by molar-refractivity contribution is 7.85. The molecule has 22 heavy (non-hydrogen) atoms. The normalized spacial score (nSPS) is 44.7. The molecule has 3 rings (SSSR count). The molecule has 7 atom stereocenters. The molecule has 0 aromatic carbocycles. The molecule has 2 aliphatic carbocycles. The van der Waals surface area contributed by atoms with E-state index in [1.54, 1.807) is 0 Å². The minimum Gasteiger partial charge on any atom is -0.390 e. The van der Waals surface area contributed by atoms with Gasteiger partial charge in [-0.15, -0.1) is 0 Å². The van der Waals surface area contributed by atoms with Gasteiger partial charge in [-0.3, -0.25) is 4.21 Å². The van der Waals surface area contributed by atoms with Gasteiger partial charge in [-0.05, 0) is 43.9 Å². The molecule has 1 aliphatic heterocycles. The summed E-state index contributed by atoms with van der Waals surface area (Å²) in [6.45, 7) is 2.19. The SMILES string of the molecule is CC1CCC1C1OC(CCS(=O)C2CCCC2)CC(O)C1O. The topological polar surface area (TPSA) is 66.8 Å². The fourth-order valence-corrected chi connectivity index (χ4v) is 5.96. The molecule has 3 fully saturated rings. The van der Waals surface area contributed by atoms with Crippen molar-refractivity contribution >= 4 is 10.8 Å². The largest absolute Gasteiger partial charge is 0.390 e. The average Bonchev–Trinajstić information content (AvgIpc) is 3.02. The first-order chi connectivity index (χ1) is 10.6. The molecule has 0 bridgehead atoms. The summed E-state index contributed by atoms with van der Waals surface area (Å²) in [7, 11) is -0.758. The van der Waals surface area contributed by atoms with Gasteiger partial charge in [0.05, 0.1) is 18.3 Å². The maximum absolute atomic E-state index is 12.3. The third-order valence-corrected chi connectivity index (χ3v) is 7.86. The molecule has 3 aliphatic rings. The molecule has 0 aromatic rings. The maximum Gasteiger partial charge on any atom is 0.106 e. The lowest BCUT2D eigenvalue weighted by atomic mass is 9.69. The van der Waals surface area contributed by atoms with Crippen LogP contribution in [0.1, 0.15) is 58.3 Å². The Labute approximate surface area is 136 Å². The summed E-state index contributed by atoms with van der Waals surface area (Å²) in [5.74, 6) is 1.61. The summed E-state index contributed by atoms with van der Waals surface area (Å²) in [6, 6.07) is 0. The van der Waals surface area contributed by atoms with Crippen LogP contribution < -0.4 is 0 Å². The average molecular weight is 330 g/mol. The van der Waals surface area contributed by atoms with E-state index in [2.05, 4.69) is 6.92 Å². The molecule has 1 heterocycles. The summed E-state index contributed by atoms with van der Waals surface area (Å²) in [4.78, 5) is 0. The highest BCUT2D eigenvalue weighted by atomic mass is 32.2. The number of rotatable bonds is 5. The van der Waals surface area contributed by atoms with Gasteiger partial charge in [0, 0.05) is 28.2 Å². The van der Waals surface area contributed by atoms with Gasteiger partial charge in [-0.25, -0.2) is 0 Å². The Morgan fingerprint density at radius 2 is 1.86 bits per heavy atom. The van der Waals surface area contributed by atoms with Gasteiger partial charge in [-0.2, -0.15) is 0 Å².